The van der Waals surface area contributed by atoms with Gasteiger partial charge in [-0.1, -0.05) is 48.5 Å². The van der Waals surface area contributed by atoms with Crippen LogP contribution in [0.4, 0.5) is 15.9 Å². The molecule has 0 aliphatic rings. The van der Waals surface area contributed by atoms with Gasteiger partial charge in [-0.15, -0.1) is 0 Å². The summed E-state index contributed by atoms with van der Waals surface area (Å²) in [5.41, 5.74) is 2.65. The second kappa shape index (κ2) is 8.75. The molecule has 166 valence electrons. The van der Waals surface area contributed by atoms with E-state index in [-0.39, 0.29) is 16.7 Å². The van der Waals surface area contributed by atoms with Crippen LogP contribution in [-0.4, -0.2) is 15.3 Å². The summed E-state index contributed by atoms with van der Waals surface area (Å²) in [7, 11) is 0. The number of rotatable bonds is 5. The van der Waals surface area contributed by atoms with E-state index in [4.69, 9.17) is 0 Å². The number of nitrogens with zero attached hydrogens (tertiary/aromatic N) is 2. The summed E-state index contributed by atoms with van der Waals surface area (Å²) in [6.45, 7) is 1.77. The summed E-state index contributed by atoms with van der Waals surface area (Å²) in [5.74, 6) is -0.408. The molecule has 0 saturated carbocycles. The molecule has 0 spiro atoms. The highest BCUT2D eigenvalue weighted by atomic mass is 19.1. The van der Waals surface area contributed by atoms with Crippen molar-refractivity contribution in [2.45, 2.75) is 6.92 Å². The van der Waals surface area contributed by atoms with Gasteiger partial charge in [0.1, 0.15) is 17.3 Å². The minimum atomic E-state index is -0.501. The van der Waals surface area contributed by atoms with Gasteiger partial charge in [-0.05, 0) is 55.0 Å². The molecule has 34 heavy (non-hydrogen) atoms. The zero-order chi connectivity index (χ0) is 23.7. The third kappa shape index (κ3) is 3.97. The summed E-state index contributed by atoms with van der Waals surface area (Å²) in [6, 6.07) is 27.6. The van der Waals surface area contributed by atoms with Gasteiger partial charge in [0.05, 0.1) is 5.39 Å². The summed E-state index contributed by atoms with van der Waals surface area (Å²) in [6.07, 6.45) is 0. The van der Waals surface area contributed by atoms with Crippen molar-refractivity contribution in [2.75, 3.05) is 5.32 Å². The fourth-order valence-corrected chi connectivity index (χ4v) is 3.99. The van der Waals surface area contributed by atoms with Crippen molar-refractivity contribution in [1.29, 1.82) is 0 Å². The average molecular weight is 449 g/mol. The van der Waals surface area contributed by atoms with Crippen LogP contribution in [0.25, 0.3) is 16.7 Å². The third-order valence-electron chi connectivity index (χ3n) is 5.54. The molecule has 3 aromatic carbocycles. The number of para-hydroxylation sites is 2. The van der Waals surface area contributed by atoms with E-state index >= 15 is 0 Å². The number of hydrogen-bond acceptors (Lipinski definition) is 4. The van der Waals surface area contributed by atoms with Crippen molar-refractivity contribution in [1.82, 2.24) is 9.55 Å². The maximum Gasteiger partial charge on any atom is 0.211 e. The maximum atomic E-state index is 13.7. The lowest BCUT2D eigenvalue weighted by molar-refractivity contribution is 0.103. The van der Waals surface area contributed by atoms with E-state index < -0.39 is 11.6 Å². The van der Waals surface area contributed by atoms with Crippen molar-refractivity contribution in [2.24, 2.45) is 0 Å². The van der Waals surface area contributed by atoms with Crippen molar-refractivity contribution >= 4 is 28.3 Å². The summed E-state index contributed by atoms with van der Waals surface area (Å²) in [5, 5.41) is 3.71. The molecule has 0 aliphatic carbocycles. The molecule has 0 radical (unpaired) electrons. The Balaban J connectivity index is 1.78. The maximum absolute atomic E-state index is 13.7. The molecule has 2 heterocycles. The molecule has 5 rings (SSSR count). The Morgan fingerprint density at radius 3 is 2.29 bits per heavy atom. The number of carbonyl (C=O) groups excluding carboxylic acids is 1. The van der Waals surface area contributed by atoms with Crippen LogP contribution in [0.1, 0.15) is 21.6 Å². The number of nitrogens with one attached hydrogen (secondary N) is 1. The Labute approximate surface area is 195 Å². The number of pyridine rings is 2. The minimum Gasteiger partial charge on any atom is -0.341 e. The molecule has 0 bridgehead atoms. The van der Waals surface area contributed by atoms with Crippen molar-refractivity contribution in [3.63, 3.8) is 0 Å². The number of benzene rings is 3. The second-order valence-corrected chi connectivity index (χ2v) is 7.92. The van der Waals surface area contributed by atoms with E-state index in [2.05, 4.69) is 10.3 Å². The molecule has 0 unspecified atom stereocenters. The summed E-state index contributed by atoms with van der Waals surface area (Å²) < 4.78 is 15.6. The van der Waals surface area contributed by atoms with Crippen molar-refractivity contribution in [3.05, 3.63) is 130 Å². The van der Waals surface area contributed by atoms with E-state index in [1.807, 2.05) is 65.2 Å². The molecular weight excluding hydrogens is 429 g/mol. The topological polar surface area (TPSA) is 64.0 Å². The molecule has 0 atom stereocenters. The highest BCUT2D eigenvalue weighted by molar-refractivity contribution is 6.08. The van der Waals surface area contributed by atoms with Gasteiger partial charge in [0, 0.05) is 23.0 Å². The molecule has 0 aliphatic heterocycles. The molecule has 0 fully saturated rings. The third-order valence-corrected chi connectivity index (χ3v) is 5.54. The predicted molar refractivity (Wildman–Crippen MR) is 132 cm³/mol. The Hall–Kier alpha value is -4.58. The van der Waals surface area contributed by atoms with Gasteiger partial charge >= 0.3 is 0 Å². The fraction of sp³-hybridized carbons (Fsp3) is 0.0357. The highest BCUT2D eigenvalue weighted by Crippen LogP contribution is 2.26. The number of anilines is 2. The summed E-state index contributed by atoms with van der Waals surface area (Å²) >= 11 is 0. The number of hydrogen-bond donors (Lipinski definition) is 1. The average Bonchev–Trinajstić information content (AvgIpc) is 2.84. The lowest BCUT2D eigenvalue weighted by Crippen LogP contribution is -2.16. The second-order valence-electron chi connectivity index (χ2n) is 7.92. The lowest BCUT2D eigenvalue weighted by Gasteiger charge is -2.19. The van der Waals surface area contributed by atoms with Crippen LogP contribution in [-0.2, 0) is 0 Å². The Bertz CT molecular complexity index is 1580. The molecule has 0 amide bonds. The van der Waals surface area contributed by atoms with E-state index in [9.17, 15) is 14.0 Å². The van der Waals surface area contributed by atoms with Crippen LogP contribution in [0.15, 0.2) is 102 Å². The molecule has 0 saturated heterocycles. The van der Waals surface area contributed by atoms with Crippen LogP contribution >= 0.6 is 0 Å². The molecule has 5 aromatic rings. The van der Waals surface area contributed by atoms with Crippen LogP contribution < -0.4 is 10.7 Å². The van der Waals surface area contributed by atoms with E-state index in [1.54, 1.807) is 19.1 Å². The van der Waals surface area contributed by atoms with Gasteiger partial charge in [0.15, 0.2) is 11.1 Å². The standard InChI is InChI=1S/C28H20FN3O2/c1-18-15-23(27(34)19-9-8-10-20(29)16-19)31-28-26(18)24(33)17-25(30-21-11-4-2-5-12-21)32(28)22-13-6-3-7-14-22/h2-17,30H,1H3. The Morgan fingerprint density at radius 2 is 1.59 bits per heavy atom. The Morgan fingerprint density at radius 1 is 0.882 bits per heavy atom. The predicted octanol–water partition coefficient (Wildman–Crippen LogP) is 5.81. The summed E-state index contributed by atoms with van der Waals surface area (Å²) in [4.78, 5) is 31.0. The van der Waals surface area contributed by atoms with E-state index in [0.717, 1.165) is 11.4 Å². The molecule has 5 nitrogen and oxygen atoms in total. The van der Waals surface area contributed by atoms with Crippen molar-refractivity contribution < 1.29 is 9.18 Å². The SMILES string of the molecule is Cc1cc(C(=O)c2cccc(F)c2)nc2c1c(=O)cc(Nc1ccccc1)n2-c1ccccc1. The van der Waals surface area contributed by atoms with Gasteiger partial charge in [0.2, 0.25) is 5.78 Å². The van der Waals surface area contributed by atoms with E-state index in [0.29, 0.717) is 22.4 Å². The number of aryl methyl sites for hydroxylation is 1. The lowest BCUT2D eigenvalue weighted by atomic mass is 10.0. The molecule has 2 aromatic heterocycles. The first-order chi connectivity index (χ1) is 16.5. The minimum absolute atomic E-state index is 0.136. The molecule has 1 N–H and O–H groups in total. The highest BCUT2D eigenvalue weighted by Gasteiger charge is 2.19. The zero-order valence-electron chi connectivity index (χ0n) is 18.3. The molecule has 6 heteroatoms. The number of aromatic nitrogens is 2. The first kappa shape index (κ1) is 21.3. The number of halogens is 1. The fourth-order valence-electron chi connectivity index (χ4n) is 3.99. The first-order valence-electron chi connectivity index (χ1n) is 10.8. The van der Waals surface area contributed by atoms with Gasteiger partial charge < -0.3 is 5.32 Å². The van der Waals surface area contributed by atoms with Crippen LogP contribution in [0.3, 0.4) is 0 Å². The zero-order valence-corrected chi connectivity index (χ0v) is 18.3. The Kier molecular flexibility index (Phi) is 5.47. The first-order valence-corrected chi connectivity index (χ1v) is 10.8. The normalized spacial score (nSPS) is 10.9. The van der Waals surface area contributed by atoms with Gasteiger partial charge in [-0.25, -0.2) is 9.37 Å². The van der Waals surface area contributed by atoms with Gasteiger partial charge in [-0.2, -0.15) is 0 Å². The number of carbonyl (C=O) groups is 1. The quantitative estimate of drug-likeness (QED) is 0.344. The van der Waals surface area contributed by atoms with Crippen LogP contribution in [0.2, 0.25) is 0 Å². The number of ketones is 1. The van der Waals surface area contributed by atoms with Crippen molar-refractivity contribution in [3.8, 4) is 5.69 Å². The van der Waals surface area contributed by atoms with E-state index in [1.165, 1.54) is 24.3 Å². The monoisotopic (exact) mass is 449 g/mol. The van der Waals surface area contributed by atoms with Crippen LogP contribution in [0, 0.1) is 12.7 Å². The van der Waals surface area contributed by atoms with Crippen LogP contribution in [0.5, 0.6) is 0 Å². The smallest absolute Gasteiger partial charge is 0.211 e. The molecular formula is C28H20FN3O2. The van der Waals surface area contributed by atoms with Gasteiger partial charge in [0.25, 0.3) is 0 Å². The van der Waals surface area contributed by atoms with Gasteiger partial charge in [-0.3, -0.25) is 14.2 Å². The largest absolute Gasteiger partial charge is 0.341 e. The number of fused-ring (bicyclic) bond motifs is 1.